The van der Waals surface area contributed by atoms with E-state index < -0.39 is 6.04 Å². The van der Waals surface area contributed by atoms with Gasteiger partial charge in [-0.2, -0.15) is 0 Å². The van der Waals surface area contributed by atoms with E-state index in [0.29, 0.717) is 11.4 Å². The zero-order valence-electron chi connectivity index (χ0n) is 16.5. The number of hydrogen-bond donors (Lipinski definition) is 2. The summed E-state index contributed by atoms with van der Waals surface area (Å²) in [7, 11) is 1.59. The first-order valence-electron chi connectivity index (χ1n) is 9.40. The maximum Gasteiger partial charge on any atom is 0.241 e. The van der Waals surface area contributed by atoms with Gasteiger partial charge >= 0.3 is 0 Å². The molecule has 4 nitrogen and oxygen atoms in total. The van der Waals surface area contributed by atoms with Crippen molar-refractivity contribution in [3.05, 3.63) is 95.6 Å². The van der Waals surface area contributed by atoms with Crippen LogP contribution in [0.4, 0.5) is 5.69 Å². The van der Waals surface area contributed by atoms with Crippen LogP contribution >= 0.6 is 0 Å². The largest absolute Gasteiger partial charge is 0.495 e. The Morgan fingerprint density at radius 2 is 1.46 bits per heavy atom. The standard InChI is InChI=1S/C24H26N2O2/c1-17-13-15-20(16-14-17)23(19-9-5-4-6-10-19)25-18(2)24(27)26-21-11-7-8-12-22(21)28-3/h4-16,18,23,25H,1-3H3,(H,26,27)/t18-,23-/m0/s1. The van der Waals surface area contributed by atoms with E-state index in [9.17, 15) is 4.79 Å². The third-order valence-electron chi connectivity index (χ3n) is 4.72. The molecule has 28 heavy (non-hydrogen) atoms. The van der Waals surface area contributed by atoms with Gasteiger partial charge in [0.1, 0.15) is 5.75 Å². The van der Waals surface area contributed by atoms with Crippen LogP contribution in [-0.4, -0.2) is 19.1 Å². The Balaban J connectivity index is 1.80. The van der Waals surface area contributed by atoms with E-state index in [1.165, 1.54) is 5.56 Å². The zero-order chi connectivity index (χ0) is 19.9. The van der Waals surface area contributed by atoms with Gasteiger partial charge in [-0.15, -0.1) is 0 Å². The van der Waals surface area contributed by atoms with Gasteiger partial charge in [0.05, 0.1) is 24.9 Å². The molecule has 0 heterocycles. The number of ether oxygens (including phenoxy) is 1. The van der Waals surface area contributed by atoms with Crippen molar-refractivity contribution in [3.63, 3.8) is 0 Å². The highest BCUT2D eigenvalue weighted by Gasteiger charge is 2.21. The van der Waals surface area contributed by atoms with Gasteiger partial charge in [-0.1, -0.05) is 72.3 Å². The highest BCUT2D eigenvalue weighted by Crippen LogP contribution is 2.25. The molecule has 0 bridgehead atoms. The minimum absolute atomic E-state index is 0.0831. The molecule has 0 spiro atoms. The van der Waals surface area contributed by atoms with E-state index in [2.05, 4.69) is 54.0 Å². The average molecular weight is 374 g/mol. The summed E-state index contributed by atoms with van der Waals surface area (Å²) in [6.45, 7) is 3.94. The van der Waals surface area contributed by atoms with Crippen LogP contribution in [0, 0.1) is 6.92 Å². The van der Waals surface area contributed by atoms with Crippen LogP contribution in [0.5, 0.6) is 5.75 Å². The highest BCUT2D eigenvalue weighted by molar-refractivity contribution is 5.95. The van der Waals surface area contributed by atoms with E-state index >= 15 is 0 Å². The van der Waals surface area contributed by atoms with Crippen LogP contribution in [0.15, 0.2) is 78.9 Å². The molecule has 4 heteroatoms. The van der Waals surface area contributed by atoms with Crippen LogP contribution in [0.2, 0.25) is 0 Å². The lowest BCUT2D eigenvalue weighted by molar-refractivity contribution is -0.117. The van der Waals surface area contributed by atoms with Gasteiger partial charge in [-0.3, -0.25) is 10.1 Å². The summed E-state index contributed by atoms with van der Waals surface area (Å²) in [6.07, 6.45) is 0. The SMILES string of the molecule is COc1ccccc1NC(=O)[C@H](C)N[C@@H](c1ccccc1)c1ccc(C)cc1. The first kappa shape index (κ1) is 19.6. The van der Waals surface area contributed by atoms with Crippen molar-refractivity contribution in [2.75, 3.05) is 12.4 Å². The second-order valence-corrected chi connectivity index (χ2v) is 6.83. The normalized spacial score (nSPS) is 12.8. The summed E-state index contributed by atoms with van der Waals surface area (Å²) in [4.78, 5) is 12.8. The Hall–Kier alpha value is -3.11. The number of carbonyl (C=O) groups excluding carboxylic acids is 1. The van der Waals surface area contributed by atoms with Crippen molar-refractivity contribution in [2.24, 2.45) is 0 Å². The Morgan fingerprint density at radius 3 is 2.14 bits per heavy atom. The van der Waals surface area contributed by atoms with Crippen molar-refractivity contribution in [3.8, 4) is 5.75 Å². The third-order valence-corrected chi connectivity index (χ3v) is 4.72. The number of benzene rings is 3. The first-order valence-corrected chi connectivity index (χ1v) is 9.40. The molecular weight excluding hydrogens is 348 g/mol. The highest BCUT2D eigenvalue weighted by atomic mass is 16.5. The van der Waals surface area contributed by atoms with Gasteiger partial charge in [0, 0.05) is 0 Å². The molecule has 0 aliphatic rings. The Labute approximate surface area is 166 Å². The van der Waals surface area contributed by atoms with E-state index in [1.807, 2.05) is 49.4 Å². The number of amides is 1. The van der Waals surface area contributed by atoms with Gasteiger partial charge in [-0.25, -0.2) is 0 Å². The fourth-order valence-electron chi connectivity index (χ4n) is 3.10. The molecule has 0 radical (unpaired) electrons. The van der Waals surface area contributed by atoms with E-state index in [-0.39, 0.29) is 11.9 Å². The number of carbonyl (C=O) groups is 1. The summed E-state index contributed by atoms with van der Waals surface area (Å²) >= 11 is 0. The summed E-state index contributed by atoms with van der Waals surface area (Å²) in [6, 6.07) is 25.5. The Kier molecular flexibility index (Phi) is 6.45. The van der Waals surface area contributed by atoms with Gasteiger partial charge in [-0.05, 0) is 37.1 Å². The molecule has 0 saturated heterocycles. The van der Waals surface area contributed by atoms with E-state index in [4.69, 9.17) is 4.74 Å². The van der Waals surface area contributed by atoms with Crippen molar-refractivity contribution >= 4 is 11.6 Å². The van der Waals surface area contributed by atoms with Crippen LogP contribution in [0.1, 0.15) is 29.7 Å². The summed E-state index contributed by atoms with van der Waals surface area (Å²) in [5.74, 6) is 0.527. The van der Waals surface area contributed by atoms with Crippen molar-refractivity contribution in [1.82, 2.24) is 5.32 Å². The lowest BCUT2D eigenvalue weighted by Crippen LogP contribution is -2.40. The second kappa shape index (κ2) is 9.20. The molecule has 0 saturated carbocycles. The predicted octanol–water partition coefficient (Wildman–Crippen LogP) is 4.71. The molecule has 3 aromatic carbocycles. The van der Waals surface area contributed by atoms with Crippen molar-refractivity contribution < 1.29 is 9.53 Å². The van der Waals surface area contributed by atoms with Gasteiger partial charge in [0.15, 0.2) is 0 Å². The number of aryl methyl sites for hydroxylation is 1. The fourth-order valence-corrected chi connectivity index (χ4v) is 3.10. The molecule has 2 N–H and O–H groups in total. The number of rotatable bonds is 7. The fraction of sp³-hybridized carbons (Fsp3) is 0.208. The van der Waals surface area contributed by atoms with E-state index in [1.54, 1.807) is 7.11 Å². The molecule has 0 aliphatic carbocycles. The molecule has 0 aliphatic heterocycles. The topological polar surface area (TPSA) is 50.4 Å². The molecule has 2 atom stereocenters. The van der Waals surface area contributed by atoms with Gasteiger partial charge in [0.2, 0.25) is 5.91 Å². The number of methoxy groups -OCH3 is 1. The minimum atomic E-state index is -0.406. The van der Waals surface area contributed by atoms with Crippen molar-refractivity contribution in [1.29, 1.82) is 0 Å². The maximum absolute atomic E-state index is 12.8. The molecule has 3 aromatic rings. The predicted molar refractivity (Wildman–Crippen MR) is 114 cm³/mol. The monoisotopic (exact) mass is 374 g/mol. The number of anilines is 1. The van der Waals surface area contributed by atoms with Crippen LogP contribution in [0.3, 0.4) is 0 Å². The molecule has 3 rings (SSSR count). The lowest BCUT2D eigenvalue weighted by Gasteiger charge is -2.24. The first-order chi connectivity index (χ1) is 13.6. The summed E-state index contributed by atoms with van der Waals surface area (Å²) in [5.41, 5.74) is 4.10. The van der Waals surface area contributed by atoms with E-state index in [0.717, 1.165) is 11.1 Å². The minimum Gasteiger partial charge on any atom is -0.495 e. The molecule has 0 aromatic heterocycles. The second-order valence-electron chi connectivity index (χ2n) is 6.83. The average Bonchev–Trinajstić information content (AvgIpc) is 2.73. The van der Waals surface area contributed by atoms with Gasteiger partial charge < -0.3 is 10.1 Å². The molecule has 0 unspecified atom stereocenters. The third kappa shape index (κ3) is 4.78. The van der Waals surface area contributed by atoms with Crippen LogP contribution in [-0.2, 0) is 4.79 Å². The molecule has 0 fully saturated rings. The summed E-state index contributed by atoms with van der Waals surface area (Å²) < 4.78 is 5.32. The molecular formula is C24H26N2O2. The summed E-state index contributed by atoms with van der Waals surface area (Å²) in [5, 5.41) is 6.43. The van der Waals surface area contributed by atoms with Crippen LogP contribution < -0.4 is 15.4 Å². The zero-order valence-corrected chi connectivity index (χ0v) is 16.5. The Morgan fingerprint density at radius 1 is 0.857 bits per heavy atom. The van der Waals surface area contributed by atoms with Crippen molar-refractivity contribution in [2.45, 2.75) is 25.9 Å². The van der Waals surface area contributed by atoms with Crippen LogP contribution in [0.25, 0.3) is 0 Å². The number of hydrogen-bond acceptors (Lipinski definition) is 3. The Bertz CT molecular complexity index is 907. The quantitative estimate of drug-likeness (QED) is 0.630. The molecule has 1 amide bonds. The number of nitrogens with one attached hydrogen (secondary N) is 2. The smallest absolute Gasteiger partial charge is 0.241 e. The number of para-hydroxylation sites is 2. The van der Waals surface area contributed by atoms with Gasteiger partial charge in [0.25, 0.3) is 0 Å². The maximum atomic E-state index is 12.8. The molecule has 144 valence electrons. The lowest BCUT2D eigenvalue weighted by atomic mass is 9.97.